The third-order valence-corrected chi connectivity index (χ3v) is 1.39. The van der Waals surface area contributed by atoms with Crippen LogP contribution in [0.4, 0.5) is 0 Å². The summed E-state index contributed by atoms with van der Waals surface area (Å²) >= 11 is 0. The smallest absolute Gasteiger partial charge is 0.243 e. The largest absolute Gasteiger partial charge is 1.00 e. The molecule has 0 bridgehead atoms. The Kier molecular flexibility index (Phi) is 3.43. The van der Waals surface area contributed by atoms with Gasteiger partial charge >= 0.3 is 0 Å². The summed E-state index contributed by atoms with van der Waals surface area (Å²) in [6, 6.07) is 0.575. The van der Waals surface area contributed by atoms with E-state index >= 15 is 0 Å². The van der Waals surface area contributed by atoms with Gasteiger partial charge in [-0.25, -0.2) is 9.13 Å². The summed E-state index contributed by atoms with van der Waals surface area (Å²) in [6.45, 7) is 4.33. The molecular weight excluding hydrogens is 148 g/mol. The first-order valence-corrected chi connectivity index (χ1v) is 3.23. The lowest BCUT2D eigenvalue weighted by Crippen LogP contribution is -3.00. The molecule has 58 valence electrons. The monoisotopic (exact) mass is 160 g/mol. The second-order valence-corrected chi connectivity index (χ2v) is 2.62. The highest BCUT2D eigenvalue weighted by atomic mass is 35.5. The van der Waals surface area contributed by atoms with Crippen molar-refractivity contribution in [3.05, 3.63) is 18.7 Å². The number of hydrogen-bond donors (Lipinski definition) is 0. The van der Waals surface area contributed by atoms with Gasteiger partial charge in [-0.2, -0.15) is 0 Å². The summed E-state index contributed by atoms with van der Waals surface area (Å²) in [5, 5.41) is 0. The number of rotatable bonds is 1. The van der Waals surface area contributed by atoms with Gasteiger partial charge in [0.05, 0.1) is 13.1 Å². The van der Waals surface area contributed by atoms with Gasteiger partial charge in [0.25, 0.3) is 0 Å². The summed E-state index contributed by atoms with van der Waals surface area (Å²) < 4.78 is 4.21. The topological polar surface area (TPSA) is 8.81 Å². The predicted molar refractivity (Wildman–Crippen MR) is 36.0 cm³/mol. The lowest BCUT2D eigenvalue weighted by molar-refractivity contribution is -0.715. The van der Waals surface area contributed by atoms with Gasteiger partial charge in [0.2, 0.25) is 6.33 Å². The maximum Gasteiger partial charge on any atom is 0.243 e. The number of hydrogen-bond acceptors (Lipinski definition) is 0. The maximum atomic E-state index is 2.17. The lowest BCUT2D eigenvalue weighted by Gasteiger charge is -1.95. The van der Waals surface area contributed by atoms with Gasteiger partial charge in [-0.15, -0.1) is 0 Å². The zero-order chi connectivity index (χ0) is 6.85. The van der Waals surface area contributed by atoms with Gasteiger partial charge in [-0.05, 0) is 13.8 Å². The van der Waals surface area contributed by atoms with Crippen molar-refractivity contribution < 1.29 is 17.0 Å². The van der Waals surface area contributed by atoms with Crippen molar-refractivity contribution >= 4 is 0 Å². The highest BCUT2D eigenvalue weighted by Gasteiger charge is 2.01. The molecule has 1 heterocycles. The molecule has 1 aromatic rings. The van der Waals surface area contributed by atoms with Crippen LogP contribution in [0.1, 0.15) is 19.9 Å². The lowest BCUT2D eigenvalue weighted by atomic mass is 10.4. The van der Waals surface area contributed by atoms with Gasteiger partial charge in [0, 0.05) is 0 Å². The molecule has 0 aromatic carbocycles. The Labute approximate surface area is 67.9 Å². The molecule has 10 heavy (non-hydrogen) atoms. The fourth-order valence-electron chi connectivity index (χ4n) is 0.775. The van der Waals surface area contributed by atoms with E-state index in [1.54, 1.807) is 0 Å². The van der Waals surface area contributed by atoms with Crippen LogP contribution in [0.15, 0.2) is 18.7 Å². The Morgan fingerprint density at radius 3 is 2.20 bits per heavy atom. The van der Waals surface area contributed by atoms with Crippen LogP contribution in [-0.2, 0) is 7.05 Å². The molecule has 0 aliphatic carbocycles. The number of aryl methyl sites for hydroxylation is 1. The second-order valence-electron chi connectivity index (χ2n) is 2.62. The Hall–Kier alpha value is -0.500. The van der Waals surface area contributed by atoms with Crippen LogP contribution in [0.2, 0.25) is 0 Å². The molecule has 0 aliphatic heterocycles. The summed E-state index contributed by atoms with van der Waals surface area (Å²) in [5.74, 6) is 0. The quantitative estimate of drug-likeness (QED) is 0.417. The molecule has 3 heteroatoms. The zero-order valence-electron chi connectivity index (χ0n) is 6.58. The van der Waals surface area contributed by atoms with Crippen molar-refractivity contribution in [2.45, 2.75) is 19.9 Å². The van der Waals surface area contributed by atoms with Crippen LogP contribution >= 0.6 is 0 Å². The van der Waals surface area contributed by atoms with E-state index in [0.717, 1.165) is 0 Å². The third-order valence-electron chi connectivity index (χ3n) is 1.39. The third kappa shape index (κ3) is 2.03. The molecule has 1 rings (SSSR count). The number of imidazole rings is 1. The Balaban J connectivity index is 0.000000810. The molecule has 0 atom stereocenters. The van der Waals surface area contributed by atoms with E-state index < -0.39 is 0 Å². The zero-order valence-corrected chi connectivity index (χ0v) is 7.34. The Bertz CT molecular complexity index is 193. The van der Waals surface area contributed by atoms with Gasteiger partial charge in [0.15, 0.2) is 0 Å². The first-order valence-electron chi connectivity index (χ1n) is 3.23. The predicted octanol–water partition coefficient (Wildman–Crippen LogP) is -2.10. The average Bonchev–Trinajstić information content (AvgIpc) is 2.14. The molecule has 0 unspecified atom stereocenters. The molecule has 0 fully saturated rings. The first kappa shape index (κ1) is 9.50. The van der Waals surface area contributed by atoms with Gasteiger partial charge in [-0.1, -0.05) is 0 Å². The minimum absolute atomic E-state index is 0. The average molecular weight is 161 g/mol. The van der Waals surface area contributed by atoms with Crippen LogP contribution < -0.4 is 17.0 Å². The van der Waals surface area contributed by atoms with Gasteiger partial charge in [-0.3, -0.25) is 0 Å². The Morgan fingerprint density at radius 1 is 1.40 bits per heavy atom. The van der Waals surface area contributed by atoms with E-state index in [9.17, 15) is 0 Å². The number of halogens is 1. The first-order chi connectivity index (χ1) is 4.20. The molecule has 0 N–H and O–H groups in total. The molecule has 1 aromatic heterocycles. The molecule has 0 saturated heterocycles. The summed E-state index contributed by atoms with van der Waals surface area (Å²) in [7, 11) is 2.03. The second kappa shape index (κ2) is 3.62. The van der Waals surface area contributed by atoms with Crippen molar-refractivity contribution in [3.8, 4) is 0 Å². The number of aromatic nitrogens is 2. The molecule has 0 radical (unpaired) electrons. The fraction of sp³-hybridized carbons (Fsp3) is 0.571. The summed E-state index contributed by atoms with van der Waals surface area (Å²) in [4.78, 5) is 0. The SMILES string of the molecule is CC(C)[n+]1ccn(C)c1.[Cl-]. The Morgan fingerprint density at radius 2 is 2.00 bits per heavy atom. The van der Waals surface area contributed by atoms with E-state index in [1.165, 1.54) is 0 Å². The van der Waals surface area contributed by atoms with Crippen LogP contribution in [0, 0.1) is 0 Å². The van der Waals surface area contributed by atoms with E-state index in [1.807, 2.05) is 17.8 Å². The highest BCUT2D eigenvalue weighted by Crippen LogP contribution is 1.89. The molecule has 2 nitrogen and oxygen atoms in total. The summed E-state index contributed by atoms with van der Waals surface area (Å²) in [6.07, 6.45) is 6.19. The van der Waals surface area contributed by atoms with Crippen LogP contribution in [-0.4, -0.2) is 4.57 Å². The van der Waals surface area contributed by atoms with Crippen LogP contribution in [0.5, 0.6) is 0 Å². The molecular formula is C7H13ClN2. The van der Waals surface area contributed by atoms with Crippen LogP contribution in [0.25, 0.3) is 0 Å². The highest BCUT2D eigenvalue weighted by molar-refractivity contribution is 4.62. The molecule has 0 spiro atoms. The van der Waals surface area contributed by atoms with E-state index in [4.69, 9.17) is 0 Å². The van der Waals surface area contributed by atoms with Crippen molar-refractivity contribution in [1.82, 2.24) is 4.57 Å². The van der Waals surface area contributed by atoms with Crippen molar-refractivity contribution in [2.24, 2.45) is 7.05 Å². The van der Waals surface area contributed by atoms with Crippen molar-refractivity contribution in [3.63, 3.8) is 0 Å². The van der Waals surface area contributed by atoms with Crippen molar-refractivity contribution in [1.29, 1.82) is 0 Å². The standard InChI is InChI=1S/C7H13N2.ClH/c1-7(2)9-5-4-8(3)6-9;/h4-7H,1-3H3;1H/q+1;/p-1. The van der Waals surface area contributed by atoms with E-state index in [0.29, 0.717) is 6.04 Å². The maximum absolute atomic E-state index is 2.17. The minimum Gasteiger partial charge on any atom is -1.00 e. The van der Waals surface area contributed by atoms with E-state index in [2.05, 4.69) is 30.9 Å². The van der Waals surface area contributed by atoms with E-state index in [-0.39, 0.29) is 12.4 Å². The van der Waals surface area contributed by atoms with Gasteiger partial charge < -0.3 is 12.4 Å². The molecule has 0 amide bonds. The number of nitrogens with zero attached hydrogens (tertiary/aromatic N) is 2. The molecule has 0 saturated carbocycles. The normalized spacial score (nSPS) is 9.60. The fourth-order valence-corrected chi connectivity index (χ4v) is 0.775. The summed E-state index contributed by atoms with van der Waals surface area (Å²) in [5.41, 5.74) is 0. The molecule has 0 aliphatic rings. The van der Waals surface area contributed by atoms with Gasteiger partial charge in [0.1, 0.15) is 12.4 Å². The van der Waals surface area contributed by atoms with Crippen molar-refractivity contribution in [2.75, 3.05) is 0 Å². The van der Waals surface area contributed by atoms with Crippen LogP contribution in [0.3, 0.4) is 0 Å². The minimum atomic E-state index is 0.